The monoisotopic (exact) mass is 870 g/mol. The highest BCUT2D eigenvalue weighted by Gasteiger charge is 2.66. The highest BCUT2D eigenvalue weighted by molar-refractivity contribution is 5.85. The summed E-state index contributed by atoms with van der Waals surface area (Å²) in [6, 6.07) is 0. The van der Waals surface area contributed by atoms with Crippen LogP contribution in [-0.2, 0) is 47.5 Å². The molecule has 0 bridgehead atoms. The molecule has 23 atom stereocenters. The van der Waals surface area contributed by atoms with Crippen molar-refractivity contribution in [1.29, 1.82) is 0 Å². The second-order valence-corrected chi connectivity index (χ2v) is 18.6. The van der Waals surface area contributed by atoms with Gasteiger partial charge in [-0.25, -0.2) is 4.79 Å². The van der Waals surface area contributed by atoms with Crippen LogP contribution in [0, 0.1) is 35.0 Å². The van der Waals surface area contributed by atoms with Gasteiger partial charge in [-0.2, -0.15) is 0 Å². The SMILES string of the molecule is C=C1C(C2=CC(=O)OC2)CCC2(O)C1CC1C2CCC2CC(OC3OC(C)C(OC4OC(COC5OC(CO)C(O)C(O)C5O)C(O)C(O)C4O)C(OC)C3O)CCC21C=O. The van der Waals surface area contributed by atoms with Crippen molar-refractivity contribution in [2.24, 2.45) is 35.0 Å². The van der Waals surface area contributed by atoms with E-state index in [4.69, 9.17) is 37.9 Å². The summed E-state index contributed by atoms with van der Waals surface area (Å²) in [5.41, 5.74) is 0.170. The predicted molar refractivity (Wildman–Crippen MR) is 203 cm³/mol. The lowest BCUT2D eigenvalue weighted by atomic mass is 9.51. The molecule has 8 aliphatic rings. The van der Waals surface area contributed by atoms with E-state index in [1.165, 1.54) is 7.11 Å². The van der Waals surface area contributed by atoms with Crippen LogP contribution in [0.2, 0.25) is 0 Å². The Morgan fingerprint density at radius 3 is 2.16 bits per heavy atom. The van der Waals surface area contributed by atoms with E-state index >= 15 is 0 Å². The first kappa shape index (κ1) is 45.5. The molecule has 8 rings (SSSR count). The molecule has 61 heavy (non-hydrogen) atoms. The molecule has 4 aliphatic carbocycles. The molecule has 0 aromatic rings. The smallest absolute Gasteiger partial charge is 0.331 e. The van der Waals surface area contributed by atoms with Crippen molar-refractivity contribution in [3.63, 3.8) is 0 Å². The minimum atomic E-state index is -1.80. The molecule has 344 valence electrons. The summed E-state index contributed by atoms with van der Waals surface area (Å²) in [6.45, 7) is 5.08. The second kappa shape index (κ2) is 17.8. The van der Waals surface area contributed by atoms with Crippen LogP contribution in [0.5, 0.6) is 0 Å². The lowest BCUT2D eigenvalue weighted by molar-refractivity contribution is -0.367. The Balaban J connectivity index is 0.887. The van der Waals surface area contributed by atoms with Crippen LogP contribution in [0.4, 0.5) is 0 Å². The first-order chi connectivity index (χ1) is 29.1. The van der Waals surface area contributed by atoms with E-state index in [0.717, 1.165) is 30.3 Å². The maximum Gasteiger partial charge on any atom is 0.331 e. The van der Waals surface area contributed by atoms with Crippen molar-refractivity contribution in [3.05, 3.63) is 23.8 Å². The zero-order chi connectivity index (χ0) is 43.7. The standard InChI is InChI=1S/C42H62O19/c1-17-22(19-10-28(45)55-14-19)7-9-42(53)23-5-4-20-11-21(6-8-41(20,16-44)25(23)12-24(17)42)58-40-35(52)37(54-3)36(18(2)57-40)61-39-34(51)32(49)30(47)27(60-39)15-56-38-33(50)31(48)29(46)26(13-43)59-38/h10,16,18,20-27,29-40,43,46-53H,1,4-9,11-15H2,2-3H3. The number of ether oxygens (including phenoxy) is 8. The molecule has 23 unspecified atom stereocenters. The minimum absolute atomic E-state index is 0.0295. The van der Waals surface area contributed by atoms with Crippen LogP contribution in [-0.4, -0.2) is 189 Å². The summed E-state index contributed by atoms with van der Waals surface area (Å²) >= 11 is 0. The first-order valence-electron chi connectivity index (χ1n) is 21.6. The molecule has 0 spiro atoms. The number of aldehydes is 1. The summed E-state index contributed by atoms with van der Waals surface area (Å²) < 4.78 is 46.3. The summed E-state index contributed by atoms with van der Waals surface area (Å²) in [7, 11) is 1.35. The topological polar surface area (TPSA) is 290 Å². The van der Waals surface area contributed by atoms with E-state index in [2.05, 4.69) is 6.58 Å². The van der Waals surface area contributed by atoms with Crippen LogP contribution in [0.15, 0.2) is 23.8 Å². The van der Waals surface area contributed by atoms with Gasteiger partial charge in [0.1, 0.15) is 80.0 Å². The normalized spacial score (nSPS) is 52.4. The van der Waals surface area contributed by atoms with Crippen molar-refractivity contribution in [2.75, 3.05) is 26.9 Å². The van der Waals surface area contributed by atoms with E-state index < -0.39 is 116 Å². The molecular weight excluding hydrogens is 808 g/mol. The molecule has 0 radical (unpaired) electrons. The number of aliphatic hydroxyl groups is 9. The fourth-order valence-corrected chi connectivity index (χ4v) is 12.3. The fraction of sp³-hybridized carbons (Fsp3) is 0.857. The zero-order valence-corrected chi connectivity index (χ0v) is 34.4. The lowest BCUT2D eigenvalue weighted by Gasteiger charge is -2.54. The molecule has 0 aromatic carbocycles. The third-order valence-corrected chi connectivity index (χ3v) is 15.6. The van der Waals surface area contributed by atoms with Crippen LogP contribution < -0.4 is 0 Å². The number of esters is 1. The molecule has 19 nitrogen and oxygen atoms in total. The van der Waals surface area contributed by atoms with Gasteiger partial charge in [0, 0.05) is 30.4 Å². The summed E-state index contributed by atoms with van der Waals surface area (Å²) in [5.74, 6) is -0.732. The number of aliphatic hydroxyl groups excluding tert-OH is 8. The minimum Gasteiger partial charge on any atom is -0.458 e. The van der Waals surface area contributed by atoms with Crippen molar-refractivity contribution in [1.82, 2.24) is 0 Å². The molecule has 4 heterocycles. The number of rotatable bonds is 11. The maximum absolute atomic E-state index is 13.3. The molecule has 9 N–H and O–H groups in total. The fourth-order valence-electron chi connectivity index (χ4n) is 12.3. The Hall–Kier alpha value is -2.02. The highest BCUT2D eigenvalue weighted by atomic mass is 16.8. The maximum atomic E-state index is 13.3. The van der Waals surface area contributed by atoms with Gasteiger partial charge in [-0.3, -0.25) is 0 Å². The van der Waals surface area contributed by atoms with Gasteiger partial charge in [0.2, 0.25) is 0 Å². The van der Waals surface area contributed by atoms with E-state index in [1.807, 2.05) is 0 Å². The van der Waals surface area contributed by atoms with Gasteiger partial charge in [-0.15, -0.1) is 0 Å². The molecule has 19 heteroatoms. The molecular formula is C42H62O19. The Kier molecular flexibility index (Phi) is 13.3. The third kappa shape index (κ3) is 7.87. The largest absolute Gasteiger partial charge is 0.458 e. The zero-order valence-electron chi connectivity index (χ0n) is 34.4. The average Bonchev–Trinajstić information content (AvgIpc) is 3.82. The van der Waals surface area contributed by atoms with E-state index in [-0.39, 0.29) is 48.3 Å². The van der Waals surface area contributed by atoms with Crippen molar-refractivity contribution < 1.29 is 93.4 Å². The van der Waals surface area contributed by atoms with Crippen molar-refractivity contribution in [2.45, 2.75) is 162 Å². The number of hydrogen-bond donors (Lipinski definition) is 9. The number of hydrogen-bond acceptors (Lipinski definition) is 19. The molecule has 4 saturated carbocycles. The molecule has 7 fully saturated rings. The summed E-state index contributed by atoms with van der Waals surface area (Å²) in [6.07, 6.45) is -14.5. The quantitative estimate of drug-likeness (QED) is 0.0457. The van der Waals surface area contributed by atoms with Gasteiger partial charge in [-0.05, 0) is 81.6 Å². The molecule has 3 saturated heterocycles. The Morgan fingerprint density at radius 2 is 1.49 bits per heavy atom. The van der Waals surface area contributed by atoms with Crippen LogP contribution in [0.25, 0.3) is 0 Å². The number of methoxy groups -OCH3 is 1. The first-order valence-corrected chi connectivity index (χ1v) is 21.6. The summed E-state index contributed by atoms with van der Waals surface area (Å²) in [4.78, 5) is 25.1. The highest BCUT2D eigenvalue weighted by Crippen LogP contribution is 2.67. The Morgan fingerprint density at radius 1 is 0.803 bits per heavy atom. The number of cyclic esters (lactones) is 1. The number of fused-ring (bicyclic) bond motifs is 5. The second-order valence-electron chi connectivity index (χ2n) is 18.6. The van der Waals surface area contributed by atoms with Gasteiger partial charge >= 0.3 is 5.97 Å². The van der Waals surface area contributed by atoms with Gasteiger partial charge in [0.15, 0.2) is 18.9 Å². The van der Waals surface area contributed by atoms with E-state index in [9.17, 15) is 55.5 Å². The predicted octanol–water partition coefficient (Wildman–Crippen LogP) is -2.29. The Bertz CT molecular complexity index is 1640. The van der Waals surface area contributed by atoms with Gasteiger partial charge < -0.3 is 88.6 Å². The Labute approximate surface area is 353 Å². The van der Waals surface area contributed by atoms with Crippen molar-refractivity contribution >= 4 is 12.3 Å². The van der Waals surface area contributed by atoms with Gasteiger partial charge in [0.05, 0.1) is 31.0 Å². The number of carbonyl (C=O) groups excluding carboxylic acids is 2. The van der Waals surface area contributed by atoms with Gasteiger partial charge in [-0.1, -0.05) is 12.2 Å². The van der Waals surface area contributed by atoms with E-state index in [0.29, 0.717) is 38.5 Å². The molecule has 0 amide bonds. The van der Waals surface area contributed by atoms with E-state index in [1.54, 1.807) is 13.0 Å². The van der Waals surface area contributed by atoms with Crippen molar-refractivity contribution in [3.8, 4) is 0 Å². The third-order valence-electron chi connectivity index (χ3n) is 15.6. The van der Waals surface area contributed by atoms with Crippen LogP contribution in [0.1, 0.15) is 58.3 Å². The van der Waals surface area contributed by atoms with Crippen LogP contribution >= 0.6 is 0 Å². The van der Waals surface area contributed by atoms with Crippen LogP contribution in [0.3, 0.4) is 0 Å². The number of carbonyl (C=O) groups is 2. The average molecular weight is 871 g/mol. The molecule has 4 aliphatic heterocycles. The molecule has 0 aromatic heterocycles. The lowest BCUT2D eigenvalue weighted by Crippen LogP contribution is -2.65. The van der Waals surface area contributed by atoms with Gasteiger partial charge in [0.25, 0.3) is 0 Å². The summed E-state index contributed by atoms with van der Waals surface area (Å²) in [5, 5.41) is 96.2.